The maximum atomic E-state index is 13.8. The Labute approximate surface area is 206 Å². The molecule has 1 aromatic heterocycles. The third kappa shape index (κ3) is 4.98. The van der Waals surface area contributed by atoms with Crippen molar-refractivity contribution in [1.82, 2.24) is 4.90 Å². The molecule has 1 amide bonds. The highest BCUT2D eigenvalue weighted by molar-refractivity contribution is 8.13. The highest BCUT2D eigenvalue weighted by Gasteiger charge is 2.30. The summed E-state index contributed by atoms with van der Waals surface area (Å²) < 4.78 is 6.13. The van der Waals surface area contributed by atoms with Crippen molar-refractivity contribution in [2.45, 2.75) is 17.1 Å². The number of halogens is 1. The number of carbonyl (C=O) groups excluding carboxylic acids is 1. The van der Waals surface area contributed by atoms with Crippen molar-refractivity contribution in [3.05, 3.63) is 95.2 Å². The number of benzene rings is 3. The second-order valence-electron chi connectivity index (χ2n) is 7.54. The minimum absolute atomic E-state index is 0.139. The van der Waals surface area contributed by atoms with Gasteiger partial charge in [0.15, 0.2) is 10.9 Å². The fraction of sp³-hybridized carbons (Fsp3) is 0.154. The molecular formula is C26H21ClN2O2S2. The first-order valence-corrected chi connectivity index (χ1v) is 13.0. The minimum atomic E-state index is -0.139. The number of amides is 1. The molecular weight excluding hydrogens is 472 g/mol. The molecule has 0 unspecified atom stereocenters. The third-order valence-corrected chi connectivity index (χ3v) is 7.66. The molecule has 7 heteroatoms. The van der Waals surface area contributed by atoms with E-state index in [0.29, 0.717) is 28.2 Å². The van der Waals surface area contributed by atoms with Crippen LogP contribution in [0.2, 0.25) is 5.02 Å². The van der Waals surface area contributed by atoms with Crippen LogP contribution < -0.4 is 0 Å². The highest BCUT2D eigenvalue weighted by Crippen LogP contribution is 2.34. The molecule has 1 aliphatic rings. The molecule has 0 atom stereocenters. The van der Waals surface area contributed by atoms with E-state index in [0.717, 1.165) is 39.3 Å². The molecule has 166 valence electrons. The smallest absolute Gasteiger partial charge is 0.295 e. The molecule has 0 saturated carbocycles. The molecule has 0 bridgehead atoms. The lowest BCUT2D eigenvalue weighted by atomic mass is 10.1. The van der Waals surface area contributed by atoms with E-state index in [9.17, 15) is 4.79 Å². The van der Waals surface area contributed by atoms with Gasteiger partial charge in [0.05, 0.1) is 5.69 Å². The Balaban J connectivity index is 1.49. The number of carbonyl (C=O) groups is 1. The van der Waals surface area contributed by atoms with E-state index < -0.39 is 0 Å². The van der Waals surface area contributed by atoms with Crippen LogP contribution in [0.4, 0.5) is 5.69 Å². The van der Waals surface area contributed by atoms with Crippen molar-refractivity contribution in [2.24, 2.45) is 4.99 Å². The minimum Gasteiger partial charge on any atom is -0.451 e. The quantitative estimate of drug-likeness (QED) is 0.268. The molecule has 0 aliphatic carbocycles. The number of rotatable bonds is 5. The lowest BCUT2D eigenvalue weighted by Crippen LogP contribution is -2.39. The summed E-state index contributed by atoms with van der Waals surface area (Å²) in [5, 5.41) is 2.39. The van der Waals surface area contributed by atoms with E-state index in [2.05, 4.69) is 0 Å². The van der Waals surface area contributed by atoms with Crippen molar-refractivity contribution in [3.8, 4) is 0 Å². The monoisotopic (exact) mass is 492 g/mol. The SMILES string of the molecule is O=C(c1oc2ccccc2c1CSc1ccc(Cl)cc1)N1CCCSC1=Nc1ccccc1. The van der Waals surface area contributed by atoms with E-state index in [1.165, 1.54) is 0 Å². The van der Waals surface area contributed by atoms with Crippen LogP contribution in [-0.2, 0) is 5.75 Å². The molecule has 0 spiro atoms. The molecule has 0 radical (unpaired) electrons. The van der Waals surface area contributed by atoms with Gasteiger partial charge >= 0.3 is 0 Å². The number of amidine groups is 1. The maximum absolute atomic E-state index is 13.8. The molecule has 4 nitrogen and oxygen atoms in total. The van der Waals surface area contributed by atoms with Crippen LogP contribution in [0.3, 0.4) is 0 Å². The van der Waals surface area contributed by atoms with E-state index in [1.807, 2.05) is 78.9 Å². The highest BCUT2D eigenvalue weighted by atomic mass is 35.5. The summed E-state index contributed by atoms with van der Waals surface area (Å²) >= 11 is 9.29. The fourth-order valence-electron chi connectivity index (χ4n) is 3.68. The molecule has 5 rings (SSSR count). The number of thioether (sulfide) groups is 2. The van der Waals surface area contributed by atoms with Crippen molar-refractivity contribution in [1.29, 1.82) is 0 Å². The Morgan fingerprint density at radius 2 is 1.79 bits per heavy atom. The number of para-hydroxylation sites is 2. The fourth-order valence-corrected chi connectivity index (χ4v) is 5.69. The summed E-state index contributed by atoms with van der Waals surface area (Å²) in [4.78, 5) is 21.4. The summed E-state index contributed by atoms with van der Waals surface area (Å²) in [6.45, 7) is 0.623. The molecule has 33 heavy (non-hydrogen) atoms. The van der Waals surface area contributed by atoms with Gasteiger partial charge in [0.1, 0.15) is 5.58 Å². The first-order valence-electron chi connectivity index (χ1n) is 10.7. The normalized spacial score (nSPS) is 15.3. The van der Waals surface area contributed by atoms with Crippen LogP contribution in [0.1, 0.15) is 22.5 Å². The van der Waals surface area contributed by atoms with E-state index in [4.69, 9.17) is 21.0 Å². The van der Waals surface area contributed by atoms with Gasteiger partial charge in [-0.15, -0.1) is 11.8 Å². The van der Waals surface area contributed by atoms with Crippen molar-refractivity contribution >= 4 is 62.9 Å². The van der Waals surface area contributed by atoms with Crippen LogP contribution in [0, 0.1) is 0 Å². The molecule has 1 fully saturated rings. The van der Waals surface area contributed by atoms with E-state index in [-0.39, 0.29) is 5.91 Å². The molecule has 0 N–H and O–H groups in total. The number of hydrogen-bond donors (Lipinski definition) is 0. The van der Waals surface area contributed by atoms with Crippen LogP contribution in [0.5, 0.6) is 0 Å². The van der Waals surface area contributed by atoms with Gasteiger partial charge in [-0.1, -0.05) is 59.8 Å². The van der Waals surface area contributed by atoms with Gasteiger partial charge in [0.25, 0.3) is 5.91 Å². The number of hydrogen-bond acceptors (Lipinski definition) is 5. The zero-order valence-electron chi connectivity index (χ0n) is 17.7. The summed E-state index contributed by atoms with van der Waals surface area (Å²) in [6.07, 6.45) is 0.916. The number of aliphatic imine (C=N–C) groups is 1. The number of nitrogens with zero attached hydrogens (tertiary/aromatic N) is 2. The maximum Gasteiger partial charge on any atom is 0.295 e. The average Bonchev–Trinajstić information content (AvgIpc) is 3.23. The Kier molecular flexibility index (Phi) is 6.76. The summed E-state index contributed by atoms with van der Waals surface area (Å²) in [5.41, 5.74) is 2.46. The van der Waals surface area contributed by atoms with E-state index in [1.54, 1.807) is 28.4 Å². The second-order valence-corrected chi connectivity index (χ2v) is 10.1. The van der Waals surface area contributed by atoms with Gasteiger partial charge in [0.2, 0.25) is 0 Å². The Morgan fingerprint density at radius 1 is 1.03 bits per heavy atom. The van der Waals surface area contributed by atoms with Gasteiger partial charge in [-0.2, -0.15) is 0 Å². The second kappa shape index (κ2) is 10.1. The zero-order chi connectivity index (χ0) is 22.6. The van der Waals surface area contributed by atoms with Crippen LogP contribution in [0.25, 0.3) is 11.0 Å². The van der Waals surface area contributed by atoms with Crippen molar-refractivity contribution < 1.29 is 9.21 Å². The summed E-state index contributed by atoms with van der Waals surface area (Å²) in [6, 6.07) is 25.3. The summed E-state index contributed by atoms with van der Waals surface area (Å²) in [7, 11) is 0. The predicted molar refractivity (Wildman–Crippen MR) is 139 cm³/mol. The van der Waals surface area contributed by atoms with Crippen LogP contribution in [-0.4, -0.2) is 28.3 Å². The topological polar surface area (TPSA) is 45.8 Å². The standard InChI is InChI=1S/C26H21ClN2O2S2/c27-18-11-13-20(14-12-18)33-17-22-21-9-4-5-10-23(21)31-24(22)25(30)29-15-6-16-32-26(29)28-19-7-2-1-3-8-19/h1-5,7-14H,6,15-17H2. The molecule has 3 aromatic carbocycles. The lowest BCUT2D eigenvalue weighted by molar-refractivity contribution is 0.0820. The van der Waals surface area contributed by atoms with Gasteiger partial charge in [-0.05, 0) is 48.9 Å². The first kappa shape index (κ1) is 22.1. The van der Waals surface area contributed by atoms with Crippen molar-refractivity contribution in [2.75, 3.05) is 12.3 Å². The zero-order valence-corrected chi connectivity index (χ0v) is 20.1. The first-order chi connectivity index (χ1) is 16.2. The van der Waals surface area contributed by atoms with Gasteiger partial charge in [0, 0.05) is 38.9 Å². The molecule has 4 aromatic rings. The van der Waals surface area contributed by atoms with Gasteiger partial charge in [-0.25, -0.2) is 4.99 Å². The average molecular weight is 493 g/mol. The third-order valence-electron chi connectivity index (χ3n) is 5.30. The number of furan rings is 1. The largest absolute Gasteiger partial charge is 0.451 e. The van der Waals surface area contributed by atoms with Gasteiger partial charge < -0.3 is 4.42 Å². The molecule has 1 saturated heterocycles. The molecule has 1 aliphatic heterocycles. The van der Waals surface area contributed by atoms with Crippen LogP contribution in [0.15, 0.2) is 93.2 Å². The predicted octanol–water partition coefficient (Wildman–Crippen LogP) is 7.65. The van der Waals surface area contributed by atoms with Crippen LogP contribution >= 0.6 is 35.1 Å². The Bertz CT molecular complexity index is 1300. The lowest BCUT2D eigenvalue weighted by Gasteiger charge is -2.27. The Hall–Kier alpha value is -2.67. The molecule has 2 heterocycles. The van der Waals surface area contributed by atoms with Gasteiger partial charge in [-0.3, -0.25) is 9.69 Å². The number of fused-ring (bicyclic) bond motifs is 1. The van der Waals surface area contributed by atoms with Crippen molar-refractivity contribution in [3.63, 3.8) is 0 Å². The summed E-state index contributed by atoms with van der Waals surface area (Å²) in [5.74, 6) is 1.81. The Morgan fingerprint density at radius 3 is 2.61 bits per heavy atom. The van der Waals surface area contributed by atoms with E-state index >= 15 is 0 Å².